The van der Waals surface area contributed by atoms with E-state index in [9.17, 15) is 14.4 Å². The van der Waals surface area contributed by atoms with Gasteiger partial charge in [0.15, 0.2) is 0 Å². The summed E-state index contributed by atoms with van der Waals surface area (Å²) in [4.78, 5) is 42.4. The summed E-state index contributed by atoms with van der Waals surface area (Å²) in [6, 6.07) is 1.39. The van der Waals surface area contributed by atoms with Gasteiger partial charge in [-0.3, -0.25) is 0 Å². The largest absolute Gasteiger partial charge is 0.449 e. The van der Waals surface area contributed by atoms with Crippen LogP contribution in [-0.2, 0) is 14.2 Å². The molecule has 4 heterocycles. The summed E-state index contributed by atoms with van der Waals surface area (Å²) in [5.74, 6) is 1.08. The highest BCUT2D eigenvalue weighted by atomic mass is 16.6. The number of carbonyl (C=O) groups is 3. The van der Waals surface area contributed by atoms with E-state index in [-0.39, 0.29) is 24.3 Å². The molecular formula is C31H52N4O6. The molecule has 0 radical (unpaired) electrons. The van der Waals surface area contributed by atoms with Gasteiger partial charge in [0.1, 0.15) is 5.60 Å². The molecule has 4 aliphatic heterocycles. The van der Waals surface area contributed by atoms with Crippen molar-refractivity contribution >= 4 is 18.3 Å². The molecule has 41 heavy (non-hydrogen) atoms. The third-order valence-corrected chi connectivity index (χ3v) is 9.93. The van der Waals surface area contributed by atoms with Gasteiger partial charge in [-0.05, 0) is 85.2 Å². The average molecular weight is 577 g/mol. The topological polar surface area (TPSA) is 101 Å². The predicted molar refractivity (Wildman–Crippen MR) is 155 cm³/mol. The van der Waals surface area contributed by atoms with Crippen molar-refractivity contribution in [2.45, 2.75) is 128 Å². The molecule has 0 bridgehead atoms. The Kier molecular flexibility index (Phi) is 9.87. The minimum atomic E-state index is -0.472. The monoisotopic (exact) mass is 576 g/mol. The maximum absolute atomic E-state index is 12.3. The van der Waals surface area contributed by atoms with Gasteiger partial charge in [-0.25, -0.2) is 14.4 Å². The number of amides is 3. The first kappa shape index (κ1) is 30.2. The molecule has 232 valence electrons. The van der Waals surface area contributed by atoms with E-state index < -0.39 is 5.60 Å². The molecule has 0 spiro atoms. The molecule has 4 saturated heterocycles. The number of ether oxygens (including phenoxy) is 3. The zero-order chi connectivity index (χ0) is 29.0. The van der Waals surface area contributed by atoms with E-state index in [4.69, 9.17) is 14.2 Å². The Labute approximate surface area is 245 Å². The molecule has 10 heteroatoms. The van der Waals surface area contributed by atoms with Gasteiger partial charge in [-0.2, -0.15) is 0 Å². The van der Waals surface area contributed by atoms with Crippen molar-refractivity contribution in [1.82, 2.24) is 20.0 Å². The number of fused-ring (bicyclic) bond motifs is 2. The zero-order valence-electron chi connectivity index (χ0n) is 25.5. The Hall–Kier alpha value is -2.23. The fraction of sp³-hybridized carbons (Fsp3) is 0.903. The van der Waals surface area contributed by atoms with Gasteiger partial charge in [-0.1, -0.05) is 25.7 Å². The summed E-state index contributed by atoms with van der Waals surface area (Å²) >= 11 is 0. The van der Waals surface area contributed by atoms with E-state index in [0.29, 0.717) is 56.3 Å². The quantitative estimate of drug-likeness (QED) is 0.454. The summed E-state index contributed by atoms with van der Waals surface area (Å²) in [6.07, 6.45) is 13.0. The van der Waals surface area contributed by atoms with Crippen molar-refractivity contribution in [1.29, 1.82) is 0 Å². The van der Waals surface area contributed by atoms with Gasteiger partial charge in [0.25, 0.3) is 0 Å². The predicted octanol–water partition coefficient (Wildman–Crippen LogP) is 5.15. The van der Waals surface area contributed by atoms with Crippen LogP contribution in [0.25, 0.3) is 0 Å². The molecule has 2 aliphatic carbocycles. The van der Waals surface area contributed by atoms with Crippen molar-refractivity contribution in [2.24, 2.45) is 11.8 Å². The van der Waals surface area contributed by atoms with Crippen LogP contribution in [0.3, 0.4) is 0 Å². The van der Waals surface area contributed by atoms with Crippen molar-refractivity contribution in [3.63, 3.8) is 0 Å². The number of likely N-dealkylation sites (tertiary alicyclic amines) is 1. The van der Waals surface area contributed by atoms with Crippen molar-refractivity contribution in [2.75, 3.05) is 39.4 Å². The first-order chi connectivity index (χ1) is 19.7. The van der Waals surface area contributed by atoms with Gasteiger partial charge in [0, 0.05) is 49.1 Å². The molecule has 6 aliphatic rings. The molecule has 0 aromatic rings. The number of hydrogen-bond donors (Lipinski definition) is 1. The summed E-state index contributed by atoms with van der Waals surface area (Å²) < 4.78 is 16.3. The molecule has 6 fully saturated rings. The smallest absolute Gasteiger partial charge is 0.410 e. The third kappa shape index (κ3) is 7.41. The molecule has 10 nitrogen and oxygen atoms in total. The summed E-state index contributed by atoms with van der Waals surface area (Å²) in [5.41, 5.74) is -0.472. The van der Waals surface area contributed by atoms with Gasteiger partial charge in [0.05, 0.1) is 13.2 Å². The fourth-order valence-corrected chi connectivity index (χ4v) is 7.85. The Balaban J connectivity index is 0.000000174. The molecule has 1 N–H and O–H groups in total. The van der Waals surface area contributed by atoms with Crippen LogP contribution in [0.2, 0.25) is 0 Å². The Bertz CT molecular complexity index is 911. The van der Waals surface area contributed by atoms with E-state index in [2.05, 4.69) is 10.2 Å². The number of carbonyl (C=O) groups excluding carboxylic acids is 3. The summed E-state index contributed by atoms with van der Waals surface area (Å²) in [6.45, 7) is 10.2. The maximum atomic E-state index is 12.3. The Morgan fingerprint density at radius 1 is 0.732 bits per heavy atom. The molecule has 6 rings (SSSR count). The normalized spacial score (nSPS) is 31.6. The lowest BCUT2D eigenvalue weighted by atomic mass is 9.82. The van der Waals surface area contributed by atoms with Crippen molar-refractivity contribution < 1.29 is 28.6 Å². The highest BCUT2D eigenvalue weighted by Gasteiger charge is 2.44. The molecule has 0 unspecified atom stereocenters. The van der Waals surface area contributed by atoms with Gasteiger partial charge < -0.3 is 34.2 Å². The zero-order valence-corrected chi connectivity index (χ0v) is 25.5. The molecule has 0 aromatic carbocycles. The Morgan fingerprint density at radius 2 is 1.20 bits per heavy atom. The van der Waals surface area contributed by atoms with Crippen LogP contribution in [0.15, 0.2) is 0 Å². The van der Waals surface area contributed by atoms with Crippen LogP contribution in [0.5, 0.6) is 0 Å². The second kappa shape index (κ2) is 13.4. The molecule has 0 aromatic heterocycles. The van der Waals surface area contributed by atoms with Crippen LogP contribution in [0.1, 0.15) is 97.8 Å². The first-order valence-corrected chi connectivity index (χ1v) is 16.3. The number of nitrogens with zero attached hydrogens (tertiary/aromatic N) is 3. The van der Waals surface area contributed by atoms with Crippen LogP contribution >= 0.6 is 0 Å². The van der Waals surface area contributed by atoms with Crippen LogP contribution < -0.4 is 5.32 Å². The van der Waals surface area contributed by atoms with E-state index >= 15 is 0 Å². The molecule has 3 amide bonds. The second-order valence-corrected chi connectivity index (χ2v) is 13.9. The lowest BCUT2D eigenvalue weighted by Gasteiger charge is -2.48. The summed E-state index contributed by atoms with van der Waals surface area (Å²) in [5, 5.41) is 3.36. The Morgan fingerprint density at radius 3 is 1.68 bits per heavy atom. The van der Waals surface area contributed by atoms with E-state index in [1.54, 1.807) is 4.90 Å². The molecule has 4 atom stereocenters. The SMILES string of the molecule is CC(C)(C)OC(=O)N1CCC(N2C(=O)OC[C@H]3CCCC[C@@H]32)CC1.O=C1OC[C@H]2CCCC[C@@H]2N1C1CCNCC1. The second-order valence-electron chi connectivity index (χ2n) is 13.9. The minimum Gasteiger partial charge on any atom is -0.449 e. The van der Waals surface area contributed by atoms with Crippen molar-refractivity contribution in [3.05, 3.63) is 0 Å². The lowest BCUT2D eigenvalue weighted by Crippen LogP contribution is -2.58. The van der Waals surface area contributed by atoms with E-state index in [1.165, 1.54) is 38.5 Å². The third-order valence-electron chi connectivity index (χ3n) is 9.93. The van der Waals surface area contributed by atoms with Crippen molar-refractivity contribution in [3.8, 4) is 0 Å². The molecular weight excluding hydrogens is 524 g/mol. The van der Waals surface area contributed by atoms with Crippen LogP contribution in [0.4, 0.5) is 14.4 Å². The molecule has 2 saturated carbocycles. The maximum Gasteiger partial charge on any atom is 0.410 e. The van der Waals surface area contributed by atoms with Gasteiger partial charge in [-0.15, -0.1) is 0 Å². The van der Waals surface area contributed by atoms with E-state index in [0.717, 1.165) is 51.6 Å². The standard InChI is InChI=1S/C18H30N2O4.C13H22N2O2/c1-18(2,3)24-16(21)19-10-8-14(9-11-19)20-15-7-5-4-6-13(15)12-23-17(20)22;16-13-15(11-5-7-14-8-6-11)12-4-2-1-3-10(12)9-17-13/h13-15H,4-12H2,1-3H3;10-12,14H,1-9H2/t13-,15+;10-,12+/m11/s1. The number of nitrogens with one attached hydrogen (secondary N) is 1. The minimum absolute atomic E-state index is 0.0555. The summed E-state index contributed by atoms with van der Waals surface area (Å²) in [7, 11) is 0. The van der Waals surface area contributed by atoms with Crippen LogP contribution in [-0.4, -0.2) is 102 Å². The van der Waals surface area contributed by atoms with Gasteiger partial charge in [0.2, 0.25) is 0 Å². The van der Waals surface area contributed by atoms with Gasteiger partial charge >= 0.3 is 18.3 Å². The number of piperidine rings is 2. The highest BCUT2D eigenvalue weighted by Crippen LogP contribution is 2.36. The fourth-order valence-electron chi connectivity index (χ4n) is 7.85. The average Bonchev–Trinajstić information content (AvgIpc) is 2.97. The first-order valence-electron chi connectivity index (χ1n) is 16.3. The number of rotatable bonds is 2. The lowest BCUT2D eigenvalue weighted by molar-refractivity contribution is -0.0388. The van der Waals surface area contributed by atoms with Crippen LogP contribution in [0, 0.1) is 11.8 Å². The van der Waals surface area contributed by atoms with E-state index in [1.807, 2.05) is 25.7 Å². The highest BCUT2D eigenvalue weighted by molar-refractivity contribution is 5.70. The number of cyclic esters (lactones) is 2. The number of hydrogen-bond acceptors (Lipinski definition) is 7.